The van der Waals surface area contributed by atoms with Crippen molar-refractivity contribution in [2.24, 2.45) is 0 Å². The third-order valence-electron chi connectivity index (χ3n) is 3.19. The van der Waals surface area contributed by atoms with Crippen molar-refractivity contribution in [1.29, 1.82) is 0 Å². The van der Waals surface area contributed by atoms with Crippen molar-refractivity contribution in [2.75, 3.05) is 6.61 Å². The van der Waals surface area contributed by atoms with E-state index in [1.54, 1.807) is 6.92 Å². The van der Waals surface area contributed by atoms with Crippen LogP contribution in [-0.4, -0.2) is 21.5 Å². The Kier molecular flexibility index (Phi) is 7.76. The summed E-state index contributed by atoms with van der Waals surface area (Å²) in [6.07, 6.45) is 1.83. The highest BCUT2D eigenvalue weighted by atomic mass is 32.2. The first kappa shape index (κ1) is 18.8. The summed E-state index contributed by atoms with van der Waals surface area (Å²) in [6.45, 7) is 8.04. The molecule has 5 heteroatoms. The van der Waals surface area contributed by atoms with Gasteiger partial charge in [0.25, 0.3) is 0 Å². The van der Waals surface area contributed by atoms with Gasteiger partial charge >= 0.3 is 5.97 Å². The minimum absolute atomic E-state index is 0.0318. The molecule has 0 bridgehead atoms. The van der Waals surface area contributed by atoms with E-state index in [9.17, 15) is 9.00 Å². The molecule has 0 radical (unpaired) electrons. The van der Waals surface area contributed by atoms with Crippen molar-refractivity contribution in [1.82, 2.24) is 4.72 Å². The lowest BCUT2D eigenvalue weighted by Gasteiger charge is -2.24. The molecule has 0 amide bonds. The quantitative estimate of drug-likeness (QED) is 0.744. The molecule has 4 nitrogen and oxygen atoms in total. The van der Waals surface area contributed by atoms with Crippen LogP contribution in [0.4, 0.5) is 0 Å². The maximum atomic E-state index is 12.4. The van der Waals surface area contributed by atoms with Gasteiger partial charge in [-0.2, -0.15) is 0 Å². The smallest absolute Gasteiger partial charge is 0.305 e. The Morgan fingerprint density at radius 2 is 1.91 bits per heavy atom. The van der Waals surface area contributed by atoms with Crippen LogP contribution in [-0.2, 0) is 20.5 Å². The van der Waals surface area contributed by atoms with Gasteiger partial charge < -0.3 is 4.74 Å². The second kappa shape index (κ2) is 9.06. The SMILES string of the molecule is CCOC(=O)CCC[C@H](N[S@@](=O)C(C)(C)C)c1ccccc1. The van der Waals surface area contributed by atoms with Crippen molar-refractivity contribution in [3.05, 3.63) is 35.9 Å². The second-order valence-electron chi connectivity index (χ2n) is 6.16. The molecular weight excluding hydrogens is 298 g/mol. The summed E-state index contributed by atoms with van der Waals surface area (Å²) in [5.74, 6) is -0.175. The topological polar surface area (TPSA) is 55.4 Å². The zero-order chi connectivity index (χ0) is 16.6. The maximum absolute atomic E-state index is 12.4. The fraction of sp³-hybridized carbons (Fsp3) is 0.588. The van der Waals surface area contributed by atoms with Gasteiger partial charge in [0, 0.05) is 12.5 Å². The van der Waals surface area contributed by atoms with Crippen LogP contribution >= 0.6 is 0 Å². The van der Waals surface area contributed by atoms with E-state index in [1.807, 2.05) is 51.1 Å². The van der Waals surface area contributed by atoms with Crippen LogP contribution in [0.1, 0.15) is 58.6 Å². The second-order valence-corrected chi connectivity index (χ2v) is 8.16. The average molecular weight is 325 g/mol. The van der Waals surface area contributed by atoms with Crippen molar-refractivity contribution in [3.63, 3.8) is 0 Å². The zero-order valence-corrected chi connectivity index (χ0v) is 14.7. The summed E-state index contributed by atoms with van der Waals surface area (Å²) in [4.78, 5) is 11.4. The molecule has 0 saturated heterocycles. The molecule has 0 aliphatic rings. The van der Waals surface area contributed by atoms with Crippen LogP contribution < -0.4 is 4.72 Å². The van der Waals surface area contributed by atoms with E-state index >= 15 is 0 Å². The van der Waals surface area contributed by atoms with Crippen LogP contribution in [0.3, 0.4) is 0 Å². The van der Waals surface area contributed by atoms with Gasteiger partial charge in [-0.15, -0.1) is 0 Å². The van der Waals surface area contributed by atoms with Crippen LogP contribution in [0.2, 0.25) is 0 Å². The van der Waals surface area contributed by atoms with Gasteiger partial charge in [0.15, 0.2) is 0 Å². The van der Waals surface area contributed by atoms with E-state index < -0.39 is 11.0 Å². The number of hydrogen-bond donors (Lipinski definition) is 1. The predicted molar refractivity (Wildman–Crippen MR) is 90.7 cm³/mol. The molecule has 1 rings (SSSR count). The van der Waals surface area contributed by atoms with Crippen LogP contribution in [0.25, 0.3) is 0 Å². The van der Waals surface area contributed by atoms with Crippen molar-refractivity contribution in [2.45, 2.75) is 57.7 Å². The highest BCUT2D eigenvalue weighted by molar-refractivity contribution is 7.84. The minimum Gasteiger partial charge on any atom is -0.466 e. The summed E-state index contributed by atoms with van der Waals surface area (Å²) in [7, 11) is -1.15. The monoisotopic (exact) mass is 325 g/mol. The lowest BCUT2D eigenvalue weighted by atomic mass is 10.0. The third kappa shape index (κ3) is 6.71. The van der Waals surface area contributed by atoms with Gasteiger partial charge in [0.2, 0.25) is 0 Å². The van der Waals surface area contributed by atoms with Crippen molar-refractivity contribution >= 4 is 17.0 Å². The summed E-state index contributed by atoms with van der Waals surface area (Å²) >= 11 is 0. The Bertz CT molecular complexity index is 482. The molecule has 124 valence electrons. The lowest BCUT2D eigenvalue weighted by molar-refractivity contribution is -0.143. The van der Waals surface area contributed by atoms with E-state index in [4.69, 9.17) is 4.74 Å². The van der Waals surface area contributed by atoms with Gasteiger partial charge in [-0.3, -0.25) is 4.79 Å². The number of hydrogen-bond acceptors (Lipinski definition) is 3. The van der Waals surface area contributed by atoms with E-state index in [0.717, 1.165) is 12.0 Å². The molecule has 0 unspecified atom stereocenters. The van der Waals surface area contributed by atoms with Crippen molar-refractivity contribution in [3.8, 4) is 0 Å². The minimum atomic E-state index is -1.15. The van der Waals surface area contributed by atoms with E-state index in [2.05, 4.69) is 4.72 Å². The molecule has 0 aliphatic heterocycles. The predicted octanol–water partition coefficient (Wildman–Crippen LogP) is 3.51. The first-order chi connectivity index (χ1) is 10.3. The van der Waals surface area contributed by atoms with Gasteiger partial charge in [0.1, 0.15) is 0 Å². The highest BCUT2D eigenvalue weighted by Gasteiger charge is 2.23. The van der Waals surface area contributed by atoms with E-state index in [1.165, 1.54) is 0 Å². The molecule has 0 aliphatic carbocycles. The van der Waals surface area contributed by atoms with Crippen LogP contribution in [0.15, 0.2) is 30.3 Å². The number of rotatable bonds is 8. The van der Waals surface area contributed by atoms with E-state index in [0.29, 0.717) is 19.4 Å². The van der Waals surface area contributed by atoms with Gasteiger partial charge in [0.05, 0.1) is 22.3 Å². The average Bonchev–Trinajstić information content (AvgIpc) is 2.46. The molecule has 1 aromatic rings. The normalized spacial score (nSPS) is 14.4. The van der Waals surface area contributed by atoms with Crippen LogP contribution in [0, 0.1) is 0 Å². The molecule has 0 aromatic heterocycles. The Hall–Kier alpha value is -1.20. The zero-order valence-electron chi connectivity index (χ0n) is 13.9. The fourth-order valence-corrected chi connectivity index (χ4v) is 2.83. The van der Waals surface area contributed by atoms with Crippen LogP contribution in [0.5, 0.6) is 0 Å². The molecule has 1 aromatic carbocycles. The number of carbonyl (C=O) groups is 1. The number of benzene rings is 1. The van der Waals surface area contributed by atoms with E-state index in [-0.39, 0.29) is 16.8 Å². The number of esters is 1. The summed E-state index contributed by atoms with van der Waals surface area (Å²) in [5.41, 5.74) is 1.09. The Labute approximate surface area is 136 Å². The Balaban J connectivity index is 2.67. The number of carbonyl (C=O) groups excluding carboxylic acids is 1. The molecule has 1 N–H and O–H groups in total. The summed E-state index contributed by atoms with van der Waals surface area (Å²) in [6, 6.07) is 9.89. The maximum Gasteiger partial charge on any atom is 0.305 e. The first-order valence-corrected chi connectivity index (χ1v) is 8.88. The Morgan fingerprint density at radius 1 is 1.27 bits per heavy atom. The molecule has 0 spiro atoms. The molecule has 22 heavy (non-hydrogen) atoms. The number of nitrogens with one attached hydrogen (secondary N) is 1. The van der Waals surface area contributed by atoms with Gasteiger partial charge in [-0.05, 0) is 46.1 Å². The Morgan fingerprint density at radius 3 is 2.45 bits per heavy atom. The third-order valence-corrected chi connectivity index (χ3v) is 4.80. The number of ether oxygens (including phenoxy) is 1. The van der Waals surface area contributed by atoms with Gasteiger partial charge in [-0.1, -0.05) is 30.3 Å². The lowest BCUT2D eigenvalue weighted by Crippen LogP contribution is -2.35. The summed E-state index contributed by atoms with van der Waals surface area (Å²) in [5, 5.41) is 0. The molecule has 2 atom stereocenters. The fourth-order valence-electron chi connectivity index (χ4n) is 1.97. The van der Waals surface area contributed by atoms with Crippen molar-refractivity contribution < 1.29 is 13.7 Å². The molecule has 0 heterocycles. The molecular formula is C17H27NO3S. The standard InChI is InChI=1S/C17H27NO3S/c1-5-21-16(19)13-9-12-15(14-10-7-6-8-11-14)18-22(20)17(2,3)4/h6-8,10-11,15,18H,5,9,12-13H2,1-4H3/t15-,22-/m0/s1. The largest absolute Gasteiger partial charge is 0.466 e. The molecule has 0 saturated carbocycles. The molecule has 0 fully saturated rings. The highest BCUT2D eigenvalue weighted by Crippen LogP contribution is 2.22. The first-order valence-electron chi connectivity index (χ1n) is 7.73. The summed E-state index contributed by atoms with van der Waals surface area (Å²) < 4.78 is 20.2. The van der Waals surface area contributed by atoms with Gasteiger partial charge in [-0.25, -0.2) is 8.93 Å².